The number of hydrogen-bond acceptors (Lipinski definition) is 6. The van der Waals surface area contributed by atoms with Crippen molar-refractivity contribution in [2.45, 2.75) is 33.6 Å². The number of imidazole rings is 3. The zero-order valence-electron chi connectivity index (χ0n) is 68.3. The third-order valence-corrected chi connectivity index (χ3v) is 24.3. The minimum Gasteiger partial charge on any atom is -0.346 e. The highest BCUT2D eigenvalue weighted by atomic mass is 15.0. The van der Waals surface area contributed by atoms with Gasteiger partial charge in [-0.15, -0.1) is 0 Å². The highest BCUT2D eigenvalue weighted by Crippen LogP contribution is 2.47. The van der Waals surface area contributed by atoms with Crippen molar-refractivity contribution in [1.82, 2.24) is 43.1 Å². The molecule has 22 rings (SSSR count). The van der Waals surface area contributed by atoms with Crippen LogP contribution in [0, 0.1) is 20.8 Å². The molecule has 0 saturated heterocycles. The standard InChI is InChI=1S/C113H80N10/c1-70(2)117-110-104-44-40-80(56-84(104)48-52-114-110)97-23-12-16-28-102(97)90-62-89(63-91(64-90)103-29-17-13-25-99(103)83-43-47-107-87(59-83)51-55-123-68-73(5)120-113(107)123)100-26-14-7-19-93(100)75-32-36-77(37-33-75)109-65-108(115-69-116-109)76-34-30-74(31-35-76)92-18-6-8-20-94(92)78-38-39-79(95-21-9-10-22-96(95)81-41-45-105-85(57-81)49-53-121-66-71(3)118-111(105)121)61-88(60-78)101-27-15-11-24-98(101)82-42-46-106-86(58-82)50-54-122-67-72(4)119-112(106)122/h6-69,78H,1H2,2-5H3,(H,114,117). The van der Waals surface area contributed by atoms with Crippen LogP contribution in [0.4, 0.5) is 0 Å². The second-order valence-electron chi connectivity index (χ2n) is 32.3. The van der Waals surface area contributed by atoms with Gasteiger partial charge in [0.05, 0.1) is 28.5 Å². The number of pyridine rings is 4. The zero-order valence-corrected chi connectivity index (χ0v) is 68.3. The number of aromatic nitrogens is 9. The van der Waals surface area contributed by atoms with E-state index in [0.29, 0.717) is 0 Å². The molecule has 10 nitrogen and oxygen atoms in total. The van der Waals surface area contributed by atoms with Crippen LogP contribution in [0.3, 0.4) is 0 Å². The normalized spacial score (nSPS) is 13.1. The van der Waals surface area contributed by atoms with Crippen molar-refractivity contribution >= 4 is 71.2 Å². The first-order valence-electron chi connectivity index (χ1n) is 41.8. The monoisotopic (exact) mass is 1580 g/mol. The second-order valence-corrected chi connectivity index (χ2v) is 32.3. The van der Waals surface area contributed by atoms with E-state index in [9.17, 15) is 0 Å². The Balaban J connectivity index is 0.590. The molecule has 21 aromatic rings. The molecule has 0 spiro atoms. The molecular formula is C113H80N10. The van der Waals surface area contributed by atoms with Crippen LogP contribution in [0.2, 0.25) is 0 Å². The predicted molar refractivity (Wildman–Crippen MR) is 508 cm³/mol. The van der Waals surface area contributed by atoms with Crippen LogP contribution >= 0.6 is 0 Å². The van der Waals surface area contributed by atoms with Crippen LogP contribution in [0.1, 0.15) is 46.6 Å². The molecule has 0 radical (unpaired) electrons. The molecular weight excluding hydrogens is 1500 g/mol. The van der Waals surface area contributed by atoms with E-state index in [2.05, 4.69) is 409 Å². The van der Waals surface area contributed by atoms with E-state index in [-0.39, 0.29) is 5.92 Å². The number of benzene rings is 13. The Bertz CT molecular complexity index is 8080. The third kappa shape index (κ3) is 13.6. The average Bonchev–Trinajstić information content (AvgIpc) is 1.70. The summed E-state index contributed by atoms with van der Waals surface area (Å²) in [6, 6.07) is 116. The van der Waals surface area contributed by atoms with E-state index >= 15 is 0 Å². The first-order chi connectivity index (χ1) is 60.4. The van der Waals surface area contributed by atoms with Gasteiger partial charge in [-0.25, -0.2) is 29.9 Å². The highest BCUT2D eigenvalue weighted by molar-refractivity contribution is 6.04. The van der Waals surface area contributed by atoms with E-state index in [0.717, 1.165) is 233 Å². The largest absolute Gasteiger partial charge is 0.346 e. The average molecular weight is 1580 g/mol. The predicted octanol–water partition coefficient (Wildman–Crippen LogP) is 27.9. The number of fused-ring (bicyclic) bond motifs is 10. The minimum absolute atomic E-state index is 0.118. The van der Waals surface area contributed by atoms with Crippen LogP contribution in [-0.2, 0) is 0 Å². The summed E-state index contributed by atoms with van der Waals surface area (Å²) >= 11 is 0. The summed E-state index contributed by atoms with van der Waals surface area (Å²) in [6.45, 7) is 12.1. The summed E-state index contributed by atoms with van der Waals surface area (Å²) in [5.74, 6) is -0.118. The Morgan fingerprint density at radius 3 is 1.11 bits per heavy atom. The van der Waals surface area contributed by atoms with Crippen LogP contribution in [0.25, 0.3) is 194 Å². The van der Waals surface area contributed by atoms with Crippen molar-refractivity contribution in [2.75, 3.05) is 0 Å². The lowest BCUT2D eigenvalue weighted by Gasteiger charge is -2.18. The molecule has 13 aromatic carbocycles. The molecule has 582 valence electrons. The van der Waals surface area contributed by atoms with E-state index < -0.39 is 0 Å². The molecule has 0 saturated carbocycles. The smallest absolute Gasteiger partial charge is 0.144 e. The number of rotatable bonds is 15. The molecule has 1 unspecified atom stereocenters. The summed E-state index contributed by atoms with van der Waals surface area (Å²) in [4.78, 5) is 32.7. The number of allylic oxidation sites excluding steroid dienone is 7. The van der Waals surface area contributed by atoms with Crippen LogP contribution in [0.15, 0.2) is 407 Å². The van der Waals surface area contributed by atoms with Crippen molar-refractivity contribution in [3.05, 3.63) is 441 Å². The second kappa shape index (κ2) is 30.4. The summed E-state index contributed by atoms with van der Waals surface area (Å²) in [5.41, 5.74) is 37.0. The maximum absolute atomic E-state index is 4.92. The molecule has 1 atom stereocenters. The van der Waals surface area contributed by atoms with Gasteiger partial charge in [-0.05, 0) is 256 Å². The third-order valence-electron chi connectivity index (χ3n) is 24.3. The minimum atomic E-state index is -0.118. The molecule has 123 heavy (non-hydrogen) atoms. The fourth-order valence-electron chi connectivity index (χ4n) is 18.5. The lowest BCUT2D eigenvalue weighted by molar-refractivity contribution is 1.09. The van der Waals surface area contributed by atoms with Gasteiger partial charge in [0, 0.05) is 87.7 Å². The van der Waals surface area contributed by atoms with E-state index in [1.54, 1.807) is 6.33 Å². The van der Waals surface area contributed by atoms with Gasteiger partial charge < -0.3 is 18.2 Å². The van der Waals surface area contributed by atoms with Crippen molar-refractivity contribution in [3.8, 4) is 123 Å². The van der Waals surface area contributed by atoms with E-state index in [1.807, 2.05) is 27.0 Å². The Labute approximate surface area is 711 Å². The molecule has 0 bridgehead atoms. The molecule has 1 N–H and O–H groups in total. The van der Waals surface area contributed by atoms with Crippen molar-refractivity contribution in [3.63, 3.8) is 0 Å². The Hall–Kier alpha value is -16.0. The van der Waals surface area contributed by atoms with Crippen molar-refractivity contribution < 1.29 is 0 Å². The maximum Gasteiger partial charge on any atom is 0.144 e. The number of nitrogens with one attached hydrogen (secondary N) is 1. The summed E-state index contributed by atoms with van der Waals surface area (Å²) in [5, 5.41) is 8.91. The van der Waals surface area contributed by atoms with Gasteiger partial charge in [0.15, 0.2) is 0 Å². The molecule has 8 heterocycles. The first kappa shape index (κ1) is 73.3. The van der Waals surface area contributed by atoms with Gasteiger partial charge in [-0.3, -0.25) is 0 Å². The van der Waals surface area contributed by atoms with Gasteiger partial charge in [-0.2, -0.15) is 0 Å². The molecule has 1 aliphatic carbocycles. The van der Waals surface area contributed by atoms with Gasteiger partial charge in [0.2, 0.25) is 0 Å². The van der Waals surface area contributed by atoms with E-state index in [1.165, 1.54) is 5.56 Å². The van der Waals surface area contributed by atoms with Gasteiger partial charge in [-0.1, -0.05) is 267 Å². The molecule has 0 amide bonds. The van der Waals surface area contributed by atoms with Gasteiger partial charge in [0.25, 0.3) is 0 Å². The van der Waals surface area contributed by atoms with Crippen LogP contribution < -0.4 is 5.49 Å². The lowest BCUT2D eigenvalue weighted by Crippen LogP contribution is -2.07. The quantitative estimate of drug-likeness (QED) is 0.110. The number of hydrogen-bond donors (Lipinski definition) is 1. The lowest BCUT2D eigenvalue weighted by atomic mass is 9.86. The Morgan fingerprint density at radius 2 is 0.675 bits per heavy atom. The summed E-state index contributed by atoms with van der Waals surface area (Å²) in [7, 11) is 0. The fraction of sp³-hybridized carbons (Fsp3) is 0.0442. The van der Waals surface area contributed by atoms with Crippen LogP contribution in [-0.4, -0.2) is 43.1 Å². The zero-order chi connectivity index (χ0) is 82.3. The van der Waals surface area contributed by atoms with Crippen molar-refractivity contribution in [1.29, 1.82) is 0 Å². The number of H-pyrrole nitrogens is 1. The van der Waals surface area contributed by atoms with Gasteiger partial charge >= 0.3 is 0 Å². The van der Waals surface area contributed by atoms with E-state index in [4.69, 9.17) is 29.9 Å². The highest BCUT2D eigenvalue weighted by Gasteiger charge is 2.24. The summed E-state index contributed by atoms with van der Waals surface area (Å²) < 4.78 is 6.35. The Kier molecular flexibility index (Phi) is 18.1. The number of aromatic amines is 1. The molecule has 0 aliphatic heterocycles. The number of aryl methyl sites for hydroxylation is 3. The van der Waals surface area contributed by atoms with Gasteiger partial charge in [0.1, 0.15) is 28.8 Å². The summed E-state index contributed by atoms with van der Waals surface area (Å²) in [6.07, 6.45) is 25.8. The molecule has 1 aliphatic rings. The number of nitrogens with zero attached hydrogens (tertiary/aromatic N) is 9. The van der Waals surface area contributed by atoms with Crippen LogP contribution in [0.5, 0.6) is 0 Å². The fourth-order valence-corrected chi connectivity index (χ4v) is 18.5. The molecule has 0 fully saturated rings. The first-order valence-corrected chi connectivity index (χ1v) is 41.8. The SMILES string of the molecule is C=C(C)N=c1[nH]ccc2cc(-c3ccccc3-c3cc(-c4ccccc4-c4ccc(-c5cc(-c6ccc(-c7ccccc7C7C=CC(c8ccccc8-c8ccc9c(ccn%10cc(C)nc9%10)c8)=CC(c8ccccc8-c8ccc9c(ccn%10cc(C)nc9%10)c8)=C7)cc6)ncn5)cc4)cc(-c4ccccc4-c4ccc5c(ccn6cc(C)nc56)c4)c3)ccc12. The molecule has 10 heteroatoms. The topological polar surface area (TPSA) is 106 Å². The Morgan fingerprint density at radius 1 is 0.333 bits per heavy atom. The van der Waals surface area contributed by atoms with Crippen molar-refractivity contribution in [2.24, 2.45) is 4.99 Å². The molecule has 8 aromatic heterocycles. The maximum atomic E-state index is 4.92.